The van der Waals surface area contributed by atoms with Crippen molar-refractivity contribution in [2.24, 2.45) is 0 Å². The molecule has 0 atom stereocenters. The van der Waals surface area contributed by atoms with Crippen molar-refractivity contribution in [1.29, 1.82) is 0 Å². The zero-order valence-electron chi connectivity index (χ0n) is 11.4. The molecule has 106 valence electrons. The lowest BCUT2D eigenvalue weighted by Gasteiger charge is -2.01. The molecule has 0 saturated heterocycles. The van der Waals surface area contributed by atoms with Crippen LogP contribution in [0.2, 0.25) is 0 Å². The van der Waals surface area contributed by atoms with Crippen LogP contribution in [0.15, 0.2) is 47.1 Å². The number of Topliss-reactive ketones (excluding diaryl/α,β-unsaturated/α-hetero) is 1. The number of halogens is 1. The Bertz CT molecular complexity index is 547. The molecule has 0 radical (unpaired) electrons. The first-order valence-electron chi connectivity index (χ1n) is 6.12. The molecule has 0 aliphatic heterocycles. The van der Waals surface area contributed by atoms with Gasteiger partial charge in [-0.25, -0.2) is 4.39 Å². The summed E-state index contributed by atoms with van der Waals surface area (Å²) < 4.78 is 17.1. The number of anilines is 1. The van der Waals surface area contributed by atoms with Crippen LogP contribution in [-0.2, 0) is 4.79 Å². The smallest absolute Gasteiger partial charge is 0.224 e. The fraction of sp³-hybridized carbons (Fsp3) is 0.200. The molecule has 0 fully saturated rings. The average Bonchev–Trinajstić information content (AvgIpc) is 2.96. The molecule has 2 aromatic rings. The van der Waals surface area contributed by atoms with Gasteiger partial charge in [0, 0.05) is 19.0 Å². The number of ketones is 1. The van der Waals surface area contributed by atoms with Gasteiger partial charge in [0.15, 0.2) is 11.5 Å². The molecule has 1 aromatic heterocycles. The van der Waals surface area contributed by atoms with E-state index < -0.39 is 0 Å². The first-order chi connectivity index (χ1) is 9.52. The van der Waals surface area contributed by atoms with E-state index in [-0.39, 0.29) is 17.5 Å². The highest BCUT2D eigenvalue weighted by atomic mass is 19.1. The molecular formula is C15H16FNO3. The fourth-order valence-corrected chi connectivity index (χ4v) is 1.26. The monoisotopic (exact) mass is 277 g/mol. The predicted octanol–water partition coefficient (Wildman–Crippen LogP) is 3.66. The summed E-state index contributed by atoms with van der Waals surface area (Å²) >= 11 is 0. The lowest BCUT2D eigenvalue weighted by molar-refractivity contribution is -0.115. The van der Waals surface area contributed by atoms with Gasteiger partial charge in [0.2, 0.25) is 5.91 Å². The van der Waals surface area contributed by atoms with Crippen LogP contribution in [0.5, 0.6) is 0 Å². The Balaban J connectivity index is 0.000000217. The second-order valence-electron chi connectivity index (χ2n) is 3.94. The van der Waals surface area contributed by atoms with E-state index in [1.54, 1.807) is 19.1 Å². The Kier molecular flexibility index (Phi) is 6.16. The van der Waals surface area contributed by atoms with E-state index in [1.165, 1.54) is 37.5 Å². The van der Waals surface area contributed by atoms with Gasteiger partial charge in [0.05, 0.1) is 6.26 Å². The molecule has 5 heteroatoms. The third kappa shape index (κ3) is 5.48. The minimum Gasteiger partial charge on any atom is -0.461 e. The minimum atomic E-state index is -0.301. The highest BCUT2D eigenvalue weighted by Gasteiger charge is 1.98. The van der Waals surface area contributed by atoms with Gasteiger partial charge in [-0.1, -0.05) is 6.92 Å². The number of furan rings is 1. The molecule has 0 spiro atoms. The molecule has 1 amide bonds. The van der Waals surface area contributed by atoms with E-state index in [1.807, 2.05) is 0 Å². The van der Waals surface area contributed by atoms with Gasteiger partial charge in [0.1, 0.15) is 5.82 Å². The third-order valence-corrected chi connectivity index (χ3v) is 2.32. The van der Waals surface area contributed by atoms with Crippen molar-refractivity contribution in [2.45, 2.75) is 20.3 Å². The first-order valence-corrected chi connectivity index (χ1v) is 6.12. The number of rotatable bonds is 3. The molecule has 1 N–H and O–H groups in total. The summed E-state index contributed by atoms with van der Waals surface area (Å²) in [7, 11) is 0. The summed E-state index contributed by atoms with van der Waals surface area (Å²) in [5.74, 6) is 0.0195. The lowest BCUT2D eigenvalue weighted by atomic mass is 10.3. The van der Waals surface area contributed by atoms with E-state index in [0.717, 1.165) is 0 Å². The number of benzene rings is 1. The van der Waals surface area contributed by atoms with Crippen LogP contribution in [0.4, 0.5) is 10.1 Å². The Hall–Kier alpha value is -2.43. The van der Waals surface area contributed by atoms with Crippen molar-refractivity contribution >= 4 is 17.4 Å². The van der Waals surface area contributed by atoms with Crippen LogP contribution >= 0.6 is 0 Å². The maximum absolute atomic E-state index is 12.4. The van der Waals surface area contributed by atoms with Crippen molar-refractivity contribution in [1.82, 2.24) is 0 Å². The number of nitrogens with one attached hydrogen (secondary N) is 1. The average molecular weight is 277 g/mol. The van der Waals surface area contributed by atoms with Gasteiger partial charge >= 0.3 is 0 Å². The van der Waals surface area contributed by atoms with E-state index in [4.69, 9.17) is 4.42 Å². The Labute approximate surface area is 116 Å². The second-order valence-corrected chi connectivity index (χ2v) is 3.94. The largest absolute Gasteiger partial charge is 0.461 e. The molecule has 20 heavy (non-hydrogen) atoms. The number of carbonyl (C=O) groups excluding carboxylic acids is 2. The van der Waals surface area contributed by atoms with E-state index in [9.17, 15) is 14.0 Å². The lowest BCUT2D eigenvalue weighted by Crippen LogP contribution is -2.09. The summed E-state index contributed by atoms with van der Waals surface area (Å²) in [4.78, 5) is 21.3. The molecule has 1 aromatic carbocycles. The highest BCUT2D eigenvalue weighted by Crippen LogP contribution is 2.08. The Morgan fingerprint density at radius 2 is 1.85 bits per heavy atom. The maximum Gasteiger partial charge on any atom is 0.224 e. The SMILES string of the molecule is CC(=O)c1ccco1.CCC(=O)Nc1ccc(F)cc1. The van der Waals surface area contributed by atoms with Crippen LogP contribution < -0.4 is 5.32 Å². The summed E-state index contributed by atoms with van der Waals surface area (Å²) in [5, 5.41) is 2.61. The van der Waals surface area contributed by atoms with Crippen molar-refractivity contribution in [3.05, 3.63) is 54.2 Å². The highest BCUT2D eigenvalue weighted by molar-refractivity contribution is 5.91. The van der Waals surface area contributed by atoms with Gasteiger partial charge in [-0.2, -0.15) is 0 Å². The standard InChI is InChI=1S/C9H10FNO.C6H6O2/c1-2-9(12)11-8-5-3-7(10)4-6-8;1-5(7)6-3-2-4-8-6/h3-6H,2H2,1H3,(H,11,12);2-4H,1H3. The summed E-state index contributed by atoms with van der Waals surface area (Å²) in [5.41, 5.74) is 0.628. The van der Waals surface area contributed by atoms with Gasteiger partial charge in [-0.05, 0) is 36.4 Å². The van der Waals surface area contributed by atoms with Crippen LogP contribution in [0, 0.1) is 5.82 Å². The second kappa shape index (κ2) is 7.89. The molecule has 4 nitrogen and oxygen atoms in total. The molecule has 0 unspecified atom stereocenters. The normalized spacial score (nSPS) is 9.35. The molecule has 0 bridgehead atoms. The molecule has 0 aliphatic carbocycles. The van der Waals surface area contributed by atoms with Crippen LogP contribution in [-0.4, -0.2) is 11.7 Å². The van der Waals surface area contributed by atoms with Crippen molar-refractivity contribution < 1.29 is 18.4 Å². The zero-order chi connectivity index (χ0) is 15.0. The molecule has 1 heterocycles. The zero-order valence-corrected chi connectivity index (χ0v) is 11.4. The topological polar surface area (TPSA) is 59.3 Å². The van der Waals surface area contributed by atoms with Gasteiger partial charge in [0.25, 0.3) is 0 Å². The molecule has 2 rings (SSSR count). The van der Waals surface area contributed by atoms with Gasteiger partial charge in [-0.15, -0.1) is 0 Å². The Morgan fingerprint density at radius 1 is 1.20 bits per heavy atom. The van der Waals surface area contributed by atoms with Gasteiger partial charge < -0.3 is 9.73 Å². The van der Waals surface area contributed by atoms with Crippen molar-refractivity contribution in [3.63, 3.8) is 0 Å². The van der Waals surface area contributed by atoms with E-state index in [0.29, 0.717) is 17.9 Å². The van der Waals surface area contributed by atoms with Gasteiger partial charge in [-0.3, -0.25) is 9.59 Å². The van der Waals surface area contributed by atoms with Crippen molar-refractivity contribution in [3.8, 4) is 0 Å². The number of hydrogen-bond donors (Lipinski definition) is 1. The summed E-state index contributed by atoms with van der Waals surface area (Å²) in [6, 6.07) is 9.02. The fourth-order valence-electron chi connectivity index (χ4n) is 1.26. The number of amides is 1. The number of hydrogen-bond acceptors (Lipinski definition) is 3. The van der Waals surface area contributed by atoms with Crippen LogP contribution in [0.3, 0.4) is 0 Å². The Morgan fingerprint density at radius 3 is 2.25 bits per heavy atom. The first kappa shape index (κ1) is 15.6. The summed E-state index contributed by atoms with van der Waals surface area (Å²) in [6.45, 7) is 3.23. The van der Waals surface area contributed by atoms with Crippen molar-refractivity contribution in [2.75, 3.05) is 5.32 Å². The molecule has 0 saturated carbocycles. The maximum atomic E-state index is 12.4. The molecule has 0 aliphatic rings. The van der Waals surface area contributed by atoms with Crippen LogP contribution in [0.1, 0.15) is 30.8 Å². The van der Waals surface area contributed by atoms with Crippen LogP contribution in [0.25, 0.3) is 0 Å². The quantitative estimate of drug-likeness (QED) is 0.871. The molecular weight excluding hydrogens is 261 g/mol. The van der Waals surface area contributed by atoms with E-state index >= 15 is 0 Å². The number of carbonyl (C=O) groups is 2. The summed E-state index contributed by atoms with van der Waals surface area (Å²) in [6.07, 6.45) is 1.91. The minimum absolute atomic E-state index is 0.0324. The van der Waals surface area contributed by atoms with E-state index in [2.05, 4.69) is 5.32 Å². The predicted molar refractivity (Wildman–Crippen MR) is 74.0 cm³/mol. The third-order valence-electron chi connectivity index (χ3n) is 2.32.